The molecule has 0 aromatic heterocycles. The van der Waals surface area contributed by atoms with Gasteiger partial charge in [-0.15, -0.1) is 0 Å². The molecule has 1 atom stereocenters. The molecule has 0 saturated heterocycles. The molecule has 0 heterocycles. The molecule has 0 aliphatic rings. The highest BCUT2D eigenvalue weighted by Gasteiger charge is 2.19. The van der Waals surface area contributed by atoms with Crippen molar-refractivity contribution in [3.8, 4) is 6.07 Å². The standard InChI is InChI=1S/C6H11ClNO2P/c1-3-9-11(10-4-2)6(7)5-8/h6H,3-4H2,1-2H3. The summed E-state index contributed by atoms with van der Waals surface area (Å²) >= 11 is 5.61. The van der Waals surface area contributed by atoms with Crippen LogP contribution in [0.5, 0.6) is 0 Å². The fraction of sp³-hybridized carbons (Fsp3) is 0.833. The van der Waals surface area contributed by atoms with Crippen molar-refractivity contribution < 1.29 is 9.05 Å². The lowest BCUT2D eigenvalue weighted by Gasteiger charge is -2.15. The Morgan fingerprint density at radius 3 is 2.18 bits per heavy atom. The Hall–Kier alpha value is 0.130. The van der Waals surface area contributed by atoms with E-state index >= 15 is 0 Å². The van der Waals surface area contributed by atoms with Gasteiger partial charge in [-0.2, -0.15) is 5.26 Å². The largest absolute Gasteiger partial charge is 0.333 e. The van der Waals surface area contributed by atoms with Crippen LogP contribution in [-0.4, -0.2) is 18.3 Å². The molecule has 3 nitrogen and oxygen atoms in total. The fourth-order valence-corrected chi connectivity index (χ4v) is 1.75. The van der Waals surface area contributed by atoms with E-state index in [0.29, 0.717) is 13.2 Å². The average Bonchev–Trinajstić information content (AvgIpc) is 2.03. The summed E-state index contributed by atoms with van der Waals surface area (Å²) in [5.74, 6) is 0. The third kappa shape index (κ3) is 4.55. The molecule has 11 heavy (non-hydrogen) atoms. The van der Waals surface area contributed by atoms with Crippen LogP contribution in [0.2, 0.25) is 0 Å². The zero-order valence-corrected chi connectivity index (χ0v) is 8.23. The minimum absolute atomic E-state index is 0.524. The molecule has 0 aromatic carbocycles. The van der Waals surface area contributed by atoms with Crippen molar-refractivity contribution in [2.24, 2.45) is 0 Å². The van der Waals surface area contributed by atoms with E-state index in [1.54, 1.807) is 0 Å². The Morgan fingerprint density at radius 2 is 1.91 bits per heavy atom. The minimum Gasteiger partial charge on any atom is -0.333 e. The molecule has 0 spiro atoms. The summed E-state index contributed by atoms with van der Waals surface area (Å²) in [4.78, 5) is 0. The second kappa shape index (κ2) is 6.82. The Bertz CT molecular complexity index is 133. The lowest BCUT2D eigenvalue weighted by molar-refractivity contribution is 0.270. The van der Waals surface area contributed by atoms with Gasteiger partial charge in [0.25, 0.3) is 0 Å². The number of hydrogen-bond acceptors (Lipinski definition) is 3. The molecule has 1 unspecified atom stereocenters. The van der Waals surface area contributed by atoms with Crippen molar-refractivity contribution in [3.63, 3.8) is 0 Å². The van der Waals surface area contributed by atoms with Crippen molar-refractivity contribution in [2.75, 3.05) is 13.2 Å². The van der Waals surface area contributed by atoms with Gasteiger partial charge in [-0.1, -0.05) is 11.6 Å². The SMILES string of the molecule is CCOP(OCC)C(Cl)C#N. The van der Waals surface area contributed by atoms with E-state index in [-0.39, 0.29) is 0 Å². The summed E-state index contributed by atoms with van der Waals surface area (Å²) in [6.07, 6.45) is 0. The van der Waals surface area contributed by atoms with Crippen LogP contribution < -0.4 is 0 Å². The highest BCUT2D eigenvalue weighted by Crippen LogP contribution is 2.45. The molecular weight excluding hydrogens is 184 g/mol. The lowest BCUT2D eigenvalue weighted by Crippen LogP contribution is -1.99. The Morgan fingerprint density at radius 1 is 1.45 bits per heavy atom. The van der Waals surface area contributed by atoms with Crippen molar-refractivity contribution >= 4 is 20.0 Å². The molecular formula is C6H11ClNO2P. The molecule has 0 aromatic rings. The zero-order chi connectivity index (χ0) is 8.69. The summed E-state index contributed by atoms with van der Waals surface area (Å²) < 4.78 is 10.2. The maximum atomic E-state index is 8.43. The first-order chi connectivity index (χ1) is 5.26. The van der Waals surface area contributed by atoms with E-state index in [1.807, 2.05) is 19.9 Å². The monoisotopic (exact) mass is 195 g/mol. The number of alkyl halides is 1. The highest BCUT2D eigenvalue weighted by atomic mass is 35.5. The number of hydrogen-bond donors (Lipinski definition) is 0. The van der Waals surface area contributed by atoms with Gasteiger partial charge in [0, 0.05) is 0 Å². The van der Waals surface area contributed by atoms with Crippen molar-refractivity contribution in [1.29, 1.82) is 5.26 Å². The molecule has 0 N–H and O–H groups in total. The first-order valence-electron chi connectivity index (χ1n) is 3.35. The fourth-order valence-electron chi connectivity index (χ4n) is 0.470. The summed E-state index contributed by atoms with van der Waals surface area (Å²) in [5, 5.41) is 7.77. The second-order valence-corrected chi connectivity index (χ2v) is 3.93. The van der Waals surface area contributed by atoms with Gasteiger partial charge in [-0.05, 0) is 13.8 Å². The predicted molar refractivity (Wildman–Crippen MR) is 45.4 cm³/mol. The van der Waals surface area contributed by atoms with Gasteiger partial charge >= 0.3 is 0 Å². The summed E-state index contributed by atoms with van der Waals surface area (Å²) in [5.41, 5.74) is 0. The second-order valence-electron chi connectivity index (χ2n) is 1.59. The van der Waals surface area contributed by atoms with Crippen molar-refractivity contribution in [1.82, 2.24) is 0 Å². The van der Waals surface area contributed by atoms with Crippen molar-refractivity contribution in [3.05, 3.63) is 0 Å². The van der Waals surface area contributed by atoms with Gasteiger partial charge in [-0.25, -0.2) is 0 Å². The third-order valence-electron chi connectivity index (χ3n) is 0.804. The van der Waals surface area contributed by atoms with E-state index in [0.717, 1.165) is 0 Å². The Kier molecular flexibility index (Phi) is 6.90. The van der Waals surface area contributed by atoms with E-state index < -0.39 is 13.5 Å². The normalized spacial score (nSPS) is 13.0. The number of halogens is 1. The molecule has 0 aliphatic carbocycles. The third-order valence-corrected chi connectivity index (χ3v) is 2.89. The molecule has 0 rings (SSSR count). The first-order valence-corrected chi connectivity index (χ1v) is 5.03. The van der Waals surface area contributed by atoms with Gasteiger partial charge in [0.05, 0.1) is 19.3 Å². The van der Waals surface area contributed by atoms with Crippen LogP contribution >= 0.6 is 20.0 Å². The van der Waals surface area contributed by atoms with Crippen molar-refractivity contribution in [2.45, 2.75) is 19.0 Å². The highest BCUT2D eigenvalue weighted by molar-refractivity contribution is 7.50. The molecule has 0 amide bonds. The molecule has 64 valence electrons. The molecule has 0 aliphatic heterocycles. The average molecular weight is 196 g/mol. The smallest absolute Gasteiger partial charge is 0.205 e. The van der Waals surface area contributed by atoms with Gasteiger partial charge < -0.3 is 9.05 Å². The maximum absolute atomic E-state index is 8.43. The van der Waals surface area contributed by atoms with E-state index in [1.165, 1.54) is 0 Å². The van der Waals surface area contributed by atoms with E-state index in [2.05, 4.69) is 0 Å². The Balaban J connectivity index is 3.78. The summed E-state index contributed by atoms with van der Waals surface area (Å²) in [6.45, 7) is 4.73. The van der Waals surface area contributed by atoms with E-state index in [9.17, 15) is 0 Å². The lowest BCUT2D eigenvalue weighted by atomic mass is 10.9. The van der Waals surface area contributed by atoms with Crippen LogP contribution in [0.4, 0.5) is 0 Å². The van der Waals surface area contributed by atoms with Gasteiger partial charge in [0.1, 0.15) is 0 Å². The number of nitrogens with zero attached hydrogens (tertiary/aromatic N) is 1. The summed E-state index contributed by atoms with van der Waals surface area (Å²) in [6, 6.07) is 1.88. The number of nitriles is 1. The van der Waals surface area contributed by atoms with Crippen LogP contribution in [0.1, 0.15) is 13.8 Å². The Labute approximate surface area is 73.2 Å². The predicted octanol–water partition coefficient (Wildman–Crippen LogP) is 2.46. The number of rotatable bonds is 5. The van der Waals surface area contributed by atoms with Crippen LogP contribution in [0, 0.1) is 11.3 Å². The van der Waals surface area contributed by atoms with Gasteiger partial charge in [0.2, 0.25) is 8.38 Å². The van der Waals surface area contributed by atoms with Gasteiger partial charge in [-0.3, -0.25) is 0 Å². The van der Waals surface area contributed by atoms with Gasteiger partial charge in [0.15, 0.2) is 5.12 Å². The minimum atomic E-state index is -1.22. The molecule has 5 heteroatoms. The van der Waals surface area contributed by atoms with Crippen LogP contribution in [0.15, 0.2) is 0 Å². The van der Waals surface area contributed by atoms with Crippen LogP contribution in [-0.2, 0) is 9.05 Å². The molecule has 0 saturated carbocycles. The zero-order valence-electron chi connectivity index (χ0n) is 6.58. The summed E-state index contributed by atoms with van der Waals surface area (Å²) in [7, 11) is -1.22. The molecule has 0 bridgehead atoms. The van der Waals surface area contributed by atoms with Crippen LogP contribution in [0.3, 0.4) is 0 Å². The topological polar surface area (TPSA) is 42.2 Å². The quantitative estimate of drug-likeness (QED) is 0.500. The maximum Gasteiger partial charge on any atom is 0.205 e. The van der Waals surface area contributed by atoms with Crippen LogP contribution in [0.25, 0.3) is 0 Å². The molecule has 0 fully saturated rings. The van der Waals surface area contributed by atoms with E-state index in [4.69, 9.17) is 25.9 Å². The molecule has 0 radical (unpaired) electrons. The first kappa shape index (κ1) is 11.1.